The molecule has 1 heterocycles. The van der Waals surface area contributed by atoms with Crippen molar-refractivity contribution in [3.8, 4) is 5.69 Å². The molecule has 1 aliphatic carbocycles. The van der Waals surface area contributed by atoms with Crippen LogP contribution in [0.5, 0.6) is 0 Å². The fourth-order valence-electron chi connectivity index (χ4n) is 3.28. The van der Waals surface area contributed by atoms with E-state index in [0.717, 1.165) is 30.5 Å². The maximum Gasteiger partial charge on any atom is 0.276 e. The molecular weight excluding hydrogens is 336 g/mol. The van der Waals surface area contributed by atoms with E-state index in [4.69, 9.17) is 0 Å². The van der Waals surface area contributed by atoms with Crippen molar-refractivity contribution in [3.63, 3.8) is 0 Å². The number of carbonyl (C=O) groups excluding carboxylic acids is 1. The minimum Gasteiger partial charge on any atom is -0.320 e. The molecule has 1 amide bonds. The van der Waals surface area contributed by atoms with Gasteiger partial charge in [-0.25, -0.2) is 13.5 Å². The first-order chi connectivity index (χ1) is 12.5. The van der Waals surface area contributed by atoms with Gasteiger partial charge in [0, 0.05) is 16.9 Å². The molecule has 0 aliphatic heterocycles. The monoisotopic (exact) mass is 353 g/mol. The molecule has 0 radical (unpaired) electrons. The van der Waals surface area contributed by atoms with Crippen molar-refractivity contribution in [1.82, 2.24) is 9.78 Å². The molecule has 0 fully saturated rings. The molecule has 4 rings (SSSR count). The summed E-state index contributed by atoms with van der Waals surface area (Å²) in [6.45, 7) is 1.66. The summed E-state index contributed by atoms with van der Waals surface area (Å²) in [6.07, 6.45) is 2.52. The van der Waals surface area contributed by atoms with E-state index in [1.54, 1.807) is 35.9 Å². The van der Waals surface area contributed by atoms with E-state index in [1.807, 2.05) is 0 Å². The highest BCUT2D eigenvalue weighted by Gasteiger charge is 2.27. The second-order valence-corrected chi connectivity index (χ2v) is 6.43. The van der Waals surface area contributed by atoms with Crippen molar-refractivity contribution in [2.45, 2.75) is 26.2 Å². The third-order valence-electron chi connectivity index (χ3n) is 4.65. The Labute approximate surface area is 149 Å². The van der Waals surface area contributed by atoms with Crippen LogP contribution in [0.25, 0.3) is 5.69 Å². The van der Waals surface area contributed by atoms with Gasteiger partial charge in [0.2, 0.25) is 0 Å². The number of rotatable bonds is 3. The van der Waals surface area contributed by atoms with Crippen LogP contribution < -0.4 is 5.32 Å². The first-order valence-electron chi connectivity index (χ1n) is 8.47. The Kier molecular flexibility index (Phi) is 4.03. The number of fused-ring (bicyclic) bond motifs is 1. The lowest BCUT2D eigenvalue weighted by atomic mass is 10.1. The van der Waals surface area contributed by atoms with Crippen LogP contribution in [0.1, 0.15) is 33.7 Å². The van der Waals surface area contributed by atoms with Gasteiger partial charge >= 0.3 is 0 Å². The summed E-state index contributed by atoms with van der Waals surface area (Å²) in [5, 5.41) is 7.17. The van der Waals surface area contributed by atoms with Gasteiger partial charge < -0.3 is 5.32 Å². The molecule has 3 aromatic rings. The smallest absolute Gasteiger partial charge is 0.276 e. The van der Waals surface area contributed by atoms with Crippen molar-refractivity contribution < 1.29 is 13.6 Å². The van der Waals surface area contributed by atoms with E-state index in [0.29, 0.717) is 22.6 Å². The van der Waals surface area contributed by atoms with Gasteiger partial charge in [0.1, 0.15) is 11.6 Å². The molecule has 1 N–H and O–H groups in total. The molecule has 0 atom stereocenters. The molecule has 0 saturated heterocycles. The lowest BCUT2D eigenvalue weighted by Crippen LogP contribution is -2.15. The van der Waals surface area contributed by atoms with E-state index in [2.05, 4.69) is 10.4 Å². The number of anilines is 1. The highest BCUT2D eigenvalue weighted by atomic mass is 19.1. The minimum absolute atomic E-state index is 0.322. The van der Waals surface area contributed by atoms with Crippen LogP contribution in [0.2, 0.25) is 0 Å². The standard InChI is InChI=1S/C20H17F2N3O/c1-12-5-8-14(11-17(12)22)23-20(26)19-16-3-2-4-18(16)25(24-19)15-9-6-13(21)7-10-15/h5-11H,2-4H2,1H3,(H,23,26). The Morgan fingerprint density at radius 1 is 1.12 bits per heavy atom. The fourth-order valence-corrected chi connectivity index (χ4v) is 3.28. The topological polar surface area (TPSA) is 46.9 Å². The van der Waals surface area contributed by atoms with Gasteiger partial charge in [0.15, 0.2) is 5.69 Å². The number of aryl methyl sites for hydroxylation is 1. The highest BCUT2D eigenvalue weighted by molar-refractivity contribution is 6.04. The summed E-state index contributed by atoms with van der Waals surface area (Å²) in [5.74, 6) is -1.06. The number of carbonyl (C=O) groups is 1. The van der Waals surface area contributed by atoms with Crippen LogP contribution in [0.15, 0.2) is 42.5 Å². The van der Waals surface area contributed by atoms with Crippen LogP contribution in [0, 0.1) is 18.6 Å². The largest absolute Gasteiger partial charge is 0.320 e. The Hall–Kier alpha value is -3.02. The Bertz CT molecular complexity index is 993. The van der Waals surface area contributed by atoms with Crippen molar-refractivity contribution in [2.24, 2.45) is 0 Å². The molecule has 132 valence electrons. The number of hydrogen-bond donors (Lipinski definition) is 1. The average Bonchev–Trinajstić information content (AvgIpc) is 3.21. The molecule has 0 bridgehead atoms. The van der Waals surface area contributed by atoms with Crippen LogP contribution in [0.3, 0.4) is 0 Å². The SMILES string of the molecule is Cc1ccc(NC(=O)c2nn(-c3ccc(F)cc3)c3c2CCC3)cc1F. The van der Waals surface area contributed by atoms with Crippen LogP contribution in [0.4, 0.5) is 14.5 Å². The third-order valence-corrected chi connectivity index (χ3v) is 4.65. The van der Waals surface area contributed by atoms with Gasteiger partial charge in [0.05, 0.1) is 5.69 Å². The summed E-state index contributed by atoms with van der Waals surface area (Å²) in [5.41, 5.74) is 3.83. The molecular formula is C20H17F2N3O. The first kappa shape index (κ1) is 16.4. The summed E-state index contributed by atoms with van der Waals surface area (Å²) < 4.78 is 28.6. The maximum atomic E-state index is 13.7. The van der Waals surface area contributed by atoms with Gasteiger partial charge in [-0.15, -0.1) is 0 Å². The lowest BCUT2D eigenvalue weighted by molar-refractivity contribution is 0.102. The Morgan fingerprint density at radius 3 is 2.62 bits per heavy atom. The molecule has 2 aromatic carbocycles. The highest BCUT2D eigenvalue weighted by Crippen LogP contribution is 2.28. The number of aromatic nitrogens is 2. The van der Waals surface area contributed by atoms with E-state index in [1.165, 1.54) is 18.2 Å². The predicted octanol–water partition coefficient (Wildman–Crippen LogP) is 4.20. The van der Waals surface area contributed by atoms with Gasteiger partial charge in [-0.05, 0) is 68.1 Å². The fraction of sp³-hybridized carbons (Fsp3) is 0.200. The Balaban J connectivity index is 1.68. The van der Waals surface area contributed by atoms with Crippen LogP contribution in [-0.2, 0) is 12.8 Å². The van der Waals surface area contributed by atoms with Crippen molar-refractivity contribution in [1.29, 1.82) is 0 Å². The number of amides is 1. The van der Waals surface area contributed by atoms with Crippen LogP contribution >= 0.6 is 0 Å². The normalized spacial score (nSPS) is 12.9. The molecule has 4 nitrogen and oxygen atoms in total. The third kappa shape index (κ3) is 2.87. The zero-order valence-electron chi connectivity index (χ0n) is 14.2. The van der Waals surface area contributed by atoms with E-state index < -0.39 is 0 Å². The molecule has 26 heavy (non-hydrogen) atoms. The van der Waals surface area contributed by atoms with Crippen LogP contribution in [-0.4, -0.2) is 15.7 Å². The molecule has 0 spiro atoms. The van der Waals surface area contributed by atoms with Gasteiger partial charge in [-0.1, -0.05) is 6.07 Å². The number of hydrogen-bond acceptors (Lipinski definition) is 2. The molecule has 1 aromatic heterocycles. The van der Waals surface area contributed by atoms with E-state index in [9.17, 15) is 13.6 Å². The lowest BCUT2D eigenvalue weighted by Gasteiger charge is -2.06. The van der Waals surface area contributed by atoms with Gasteiger partial charge in [0.25, 0.3) is 5.91 Å². The van der Waals surface area contributed by atoms with Gasteiger partial charge in [-0.3, -0.25) is 4.79 Å². The van der Waals surface area contributed by atoms with E-state index >= 15 is 0 Å². The molecule has 0 saturated carbocycles. The first-order valence-corrected chi connectivity index (χ1v) is 8.47. The summed E-state index contributed by atoms with van der Waals surface area (Å²) in [4.78, 5) is 12.7. The second-order valence-electron chi connectivity index (χ2n) is 6.43. The zero-order chi connectivity index (χ0) is 18.3. The summed E-state index contributed by atoms with van der Waals surface area (Å²) in [6, 6.07) is 10.6. The maximum absolute atomic E-state index is 13.7. The number of halogens is 2. The summed E-state index contributed by atoms with van der Waals surface area (Å²) in [7, 11) is 0. The Morgan fingerprint density at radius 2 is 1.88 bits per heavy atom. The predicted molar refractivity (Wildman–Crippen MR) is 94.6 cm³/mol. The number of benzene rings is 2. The van der Waals surface area contributed by atoms with Crippen molar-refractivity contribution in [2.75, 3.05) is 5.32 Å². The number of nitrogens with one attached hydrogen (secondary N) is 1. The summed E-state index contributed by atoms with van der Waals surface area (Å²) >= 11 is 0. The van der Waals surface area contributed by atoms with Crippen molar-refractivity contribution >= 4 is 11.6 Å². The average molecular weight is 353 g/mol. The quantitative estimate of drug-likeness (QED) is 0.767. The molecule has 0 unspecified atom stereocenters. The minimum atomic E-state index is -0.370. The van der Waals surface area contributed by atoms with Gasteiger partial charge in [-0.2, -0.15) is 5.10 Å². The van der Waals surface area contributed by atoms with E-state index in [-0.39, 0.29) is 17.5 Å². The molecule has 1 aliphatic rings. The zero-order valence-corrected chi connectivity index (χ0v) is 14.2. The second kappa shape index (κ2) is 6.37. The van der Waals surface area contributed by atoms with Crippen molar-refractivity contribution in [3.05, 3.63) is 76.6 Å². The molecule has 6 heteroatoms. The number of nitrogens with zero attached hydrogens (tertiary/aromatic N) is 2.